The summed E-state index contributed by atoms with van der Waals surface area (Å²) in [5.41, 5.74) is 1.72. The summed E-state index contributed by atoms with van der Waals surface area (Å²) < 4.78 is 10.8. The van der Waals surface area contributed by atoms with Gasteiger partial charge in [-0.2, -0.15) is 0 Å². The predicted octanol–water partition coefficient (Wildman–Crippen LogP) is 3.25. The summed E-state index contributed by atoms with van der Waals surface area (Å²) in [6, 6.07) is 5.72. The molecule has 0 radical (unpaired) electrons. The van der Waals surface area contributed by atoms with Gasteiger partial charge in [0.1, 0.15) is 11.3 Å². The van der Waals surface area contributed by atoms with Crippen LogP contribution in [0, 0.1) is 5.92 Å². The lowest BCUT2D eigenvalue weighted by atomic mass is 9.93. The van der Waals surface area contributed by atoms with Crippen LogP contribution in [0.15, 0.2) is 28.9 Å². The molecule has 0 aliphatic carbocycles. The van der Waals surface area contributed by atoms with Gasteiger partial charge in [0, 0.05) is 30.1 Å². The maximum Gasteiger partial charge on any atom is 0.227 e. The molecule has 0 saturated carbocycles. The van der Waals surface area contributed by atoms with Crippen molar-refractivity contribution in [2.45, 2.75) is 25.7 Å². The van der Waals surface area contributed by atoms with E-state index in [9.17, 15) is 4.79 Å². The Bertz CT molecular complexity index is 693. The van der Waals surface area contributed by atoms with E-state index in [0.717, 1.165) is 60.7 Å². The van der Waals surface area contributed by atoms with Gasteiger partial charge in [-0.1, -0.05) is 0 Å². The SMILES string of the molecule is CNCCC1CCN(C(=O)Cc2coc3cc(OC)ccc23)CC1.Cl. The molecule has 1 aromatic carbocycles. The van der Waals surface area contributed by atoms with E-state index in [1.165, 1.54) is 6.42 Å². The van der Waals surface area contributed by atoms with Crippen LogP contribution < -0.4 is 10.1 Å². The lowest BCUT2D eigenvalue weighted by Gasteiger charge is -2.32. The highest BCUT2D eigenvalue weighted by atomic mass is 35.5. The van der Waals surface area contributed by atoms with E-state index in [4.69, 9.17) is 9.15 Å². The lowest BCUT2D eigenvalue weighted by Crippen LogP contribution is -2.39. The number of hydrogen-bond donors (Lipinski definition) is 1. The van der Waals surface area contributed by atoms with Crippen molar-refractivity contribution in [2.75, 3.05) is 33.8 Å². The van der Waals surface area contributed by atoms with Crippen molar-refractivity contribution < 1.29 is 13.9 Å². The molecule has 5 nitrogen and oxygen atoms in total. The molecule has 0 bridgehead atoms. The lowest BCUT2D eigenvalue weighted by molar-refractivity contribution is -0.131. The van der Waals surface area contributed by atoms with Crippen molar-refractivity contribution in [3.8, 4) is 5.75 Å². The second kappa shape index (κ2) is 9.11. The fourth-order valence-electron chi connectivity index (χ4n) is 3.42. The molecule has 0 unspecified atom stereocenters. The van der Waals surface area contributed by atoms with Gasteiger partial charge in [0.25, 0.3) is 0 Å². The molecule has 1 N–H and O–H groups in total. The van der Waals surface area contributed by atoms with Crippen LogP contribution in [-0.2, 0) is 11.2 Å². The minimum absolute atomic E-state index is 0. The number of piperidine rings is 1. The zero-order valence-electron chi connectivity index (χ0n) is 14.9. The molecule has 1 amide bonds. The van der Waals surface area contributed by atoms with Gasteiger partial charge in [-0.15, -0.1) is 12.4 Å². The Morgan fingerprint density at radius 3 is 2.80 bits per heavy atom. The third-order valence-corrected chi connectivity index (χ3v) is 4.97. The average Bonchev–Trinajstić information content (AvgIpc) is 3.02. The molecule has 1 saturated heterocycles. The zero-order chi connectivity index (χ0) is 16.9. The number of benzene rings is 1. The molecule has 3 rings (SSSR count). The summed E-state index contributed by atoms with van der Waals surface area (Å²) in [5, 5.41) is 4.20. The maximum absolute atomic E-state index is 12.6. The summed E-state index contributed by atoms with van der Waals surface area (Å²) >= 11 is 0. The third kappa shape index (κ3) is 4.67. The van der Waals surface area contributed by atoms with Gasteiger partial charge in [-0.3, -0.25) is 4.79 Å². The quantitative estimate of drug-likeness (QED) is 0.852. The maximum atomic E-state index is 12.6. The Kier molecular flexibility index (Phi) is 7.14. The molecule has 1 aromatic heterocycles. The van der Waals surface area contributed by atoms with Crippen LogP contribution in [0.4, 0.5) is 0 Å². The highest BCUT2D eigenvalue weighted by Gasteiger charge is 2.23. The summed E-state index contributed by atoms with van der Waals surface area (Å²) in [6.07, 6.45) is 5.52. The first-order valence-corrected chi connectivity index (χ1v) is 8.67. The van der Waals surface area contributed by atoms with E-state index in [0.29, 0.717) is 6.42 Å². The predicted molar refractivity (Wildman–Crippen MR) is 102 cm³/mol. The van der Waals surface area contributed by atoms with E-state index < -0.39 is 0 Å². The molecule has 138 valence electrons. The summed E-state index contributed by atoms with van der Waals surface area (Å²) in [5.74, 6) is 1.70. The van der Waals surface area contributed by atoms with Crippen LogP contribution >= 0.6 is 12.4 Å². The standard InChI is InChI=1S/C19H26N2O3.ClH/c1-20-8-5-14-6-9-21(10-7-14)19(22)11-15-13-24-18-12-16(23-2)3-4-17(15)18;/h3-4,12-14,20H,5-11H2,1-2H3;1H. The van der Waals surface area contributed by atoms with Crippen molar-refractivity contribution in [1.29, 1.82) is 0 Å². The number of fused-ring (bicyclic) bond motifs is 1. The van der Waals surface area contributed by atoms with Gasteiger partial charge in [0.15, 0.2) is 0 Å². The minimum Gasteiger partial charge on any atom is -0.497 e. The molecule has 0 spiro atoms. The summed E-state index contributed by atoms with van der Waals surface area (Å²) in [7, 11) is 3.62. The minimum atomic E-state index is 0. The molecule has 2 heterocycles. The van der Waals surface area contributed by atoms with Crippen LogP contribution in [0.3, 0.4) is 0 Å². The number of nitrogens with one attached hydrogen (secondary N) is 1. The molecule has 1 fully saturated rings. The second-order valence-electron chi connectivity index (χ2n) is 6.52. The largest absolute Gasteiger partial charge is 0.497 e. The Morgan fingerprint density at radius 2 is 2.12 bits per heavy atom. The van der Waals surface area contributed by atoms with Crippen LogP contribution in [0.2, 0.25) is 0 Å². The molecular weight excluding hydrogens is 340 g/mol. The third-order valence-electron chi connectivity index (χ3n) is 4.97. The normalized spacial score (nSPS) is 15.2. The monoisotopic (exact) mass is 366 g/mol. The second-order valence-corrected chi connectivity index (χ2v) is 6.52. The van der Waals surface area contributed by atoms with Gasteiger partial charge in [0.2, 0.25) is 5.91 Å². The van der Waals surface area contributed by atoms with Crippen molar-refractivity contribution in [2.24, 2.45) is 5.92 Å². The number of ether oxygens (including phenoxy) is 1. The van der Waals surface area contributed by atoms with Crippen molar-refractivity contribution in [1.82, 2.24) is 10.2 Å². The smallest absolute Gasteiger partial charge is 0.227 e. The fraction of sp³-hybridized carbons (Fsp3) is 0.526. The van der Waals surface area contributed by atoms with Crippen molar-refractivity contribution in [3.05, 3.63) is 30.0 Å². The van der Waals surface area contributed by atoms with Gasteiger partial charge in [0.05, 0.1) is 19.8 Å². The number of amides is 1. The number of hydrogen-bond acceptors (Lipinski definition) is 4. The summed E-state index contributed by atoms with van der Waals surface area (Å²) in [4.78, 5) is 14.6. The van der Waals surface area contributed by atoms with Gasteiger partial charge in [-0.05, 0) is 50.9 Å². The highest BCUT2D eigenvalue weighted by Crippen LogP contribution is 2.27. The Hall–Kier alpha value is -1.72. The number of nitrogens with zero attached hydrogens (tertiary/aromatic N) is 1. The van der Waals surface area contributed by atoms with E-state index in [-0.39, 0.29) is 18.3 Å². The van der Waals surface area contributed by atoms with Crippen LogP contribution in [0.1, 0.15) is 24.8 Å². The number of likely N-dealkylation sites (tertiary alicyclic amines) is 1. The summed E-state index contributed by atoms with van der Waals surface area (Å²) in [6.45, 7) is 2.80. The van der Waals surface area contributed by atoms with E-state index in [2.05, 4.69) is 5.32 Å². The average molecular weight is 367 g/mol. The molecule has 6 heteroatoms. The highest BCUT2D eigenvalue weighted by molar-refractivity contribution is 5.88. The molecule has 1 aliphatic rings. The Morgan fingerprint density at radius 1 is 1.36 bits per heavy atom. The molecule has 0 atom stereocenters. The Labute approximate surface area is 155 Å². The zero-order valence-corrected chi connectivity index (χ0v) is 15.7. The van der Waals surface area contributed by atoms with E-state index in [1.54, 1.807) is 13.4 Å². The number of carbonyl (C=O) groups excluding carboxylic acids is 1. The molecule has 2 aromatic rings. The van der Waals surface area contributed by atoms with Gasteiger partial charge < -0.3 is 19.4 Å². The molecule has 1 aliphatic heterocycles. The van der Waals surface area contributed by atoms with Crippen LogP contribution in [0.25, 0.3) is 11.0 Å². The van der Waals surface area contributed by atoms with Gasteiger partial charge in [-0.25, -0.2) is 0 Å². The first-order valence-electron chi connectivity index (χ1n) is 8.67. The number of rotatable bonds is 6. The fourth-order valence-corrected chi connectivity index (χ4v) is 3.42. The van der Waals surface area contributed by atoms with E-state index in [1.807, 2.05) is 30.1 Å². The Balaban J connectivity index is 0.00000225. The van der Waals surface area contributed by atoms with Crippen LogP contribution in [-0.4, -0.2) is 44.6 Å². The van der Waals surface area contributed by atoms with Crippen molar-refractivity contribution in [3.63, 3.8) is 0 Å². The van der Waals surface area contributed by atoms with Crippen LogP contribution in [0.5, 0.6) is 5.75 Å². The number of methoxy groups -OCH3 is 1. The number of carbonyl (C=O) groups is 1. The number of furan rings is 1. The van der Waals surface area contributed by atoms with Crippen molar-refractivity contribution >= 4 is 29.3 Å². The topological polar surface area (TPSA) is 54.7 Å². The first-order chi connectivity index (χ1) is 11.7. The first kappa shape index (κ1) is 19.6. The number of halogens is 1. The molecule has 25 heavy (non-hydrogen) atoms. The van der Waals surface area contributed by atoms with E-state index >= 15 is 0 Å². The van der Waals surface area contributed by atoms with Gasteiger partial charge >= 0.3 is 0 Å². The molecular formula is C19H27ClN2O3.